The molecule has 0 N–H and O–H groups in total. The van der Waals surface area contributed by atoms with Gasteiger partial charge in [-0.2, -0.15) is 10.5 Å². The lowest BCUT2D eigenvalue weighted by molar-refractivity contribution is 0.668. The maximum absolute atomic E-state index is 9.09. The minimum Gasteiger partial charge on any atom is -0.456 e. The van der Waals surface area contributed by atoms with Crippen LogP contribution in [0.3, 0.4) is 0 Å². The van der Waals surface area contributed by atoms with Crippen LogP contribution in [-0.2, 0) is 0 Å². The van der Waals surface area contributed by atoms with Crippen LogP contribution in [0.25, 0.3) is 21.9 Å². The molecule has 3 rings (SSSR count). The Bertz CT molecular complexity index is 905. The van der Waals surface area contributed by atoms with Gasteiger partial charge in [0.15, 0.2) is 0 Å². The Morgan fingerprint density at radius 2 is 1.32 bits per heavy atom. The Hall–Kier alpha value is -2.78. The highest BCUT2D eigenvalue weighted by Crippen LogP contribution is 2.32. The third kappa shape index (κ3) is 1.57. The normalized spacial score (nSPS) is 10.5. The van der Waals surface area contributed by atoms with Crippen molar-refractivity contribution in [2.75, 3.05) is 0 Å². The van der Waals surface area contributed by atoms with Crippen LogP contribution in [0.1, 0.15) is 22.3 Å². The summed E-state index contributed by atoms with van der Waals surface area (Å²) in [5.41, 5.74) is 4.51. The van der Waals surface area contributed by atoms with E-state index in [9.17, 15) is 0 Å². The van der Waals surface area contributed by atoms with Crippen LogP contribution in [0.5, 0.6) is 0 Å². The molecule has 0 saturated carbocycles. The summed E-state index contributed by atoms with van der Waals surface area (Å²) in [6, 6.07) is 11.5. The van der Waals surface area contributed by atoms with Crippen LogP contribution in [0.15, 0.2) is 28.7 Å². The number of furan rings is 1. The molecule has 19 heavy (non-hydrogen) atoms. The molecule has 3 aromatic rings. The van der Waals surface area contributed by atoms with Crippen LogP contribution in [0.2, 0.25) is 0 Å². The summed E-state index contributed by atoms with van der Waals surface area (Å²) in [6.07, 6.45) is 0. The molecule has 0 atom stereocenters. The number of hydrogen-bond acceptors (Lipinski definition) is 3. The fourth-order valence-corrected chi connectivity index (χ4v) is 2.26. The summed E-state index contributed by atoms with van der Waals surface area (Å²) in [6.45, 7) is 4.08. The van der Waals surface area contributed by atoms with E-state index in [2.05, 4.69) is 12.1 Å². The molecule has 3 nitrogen and oxygen atoms in total. The van der Waals surface area contributed by atoms with E-state index in [-0.39, 0.29) is 0 Å². The molecular weight excluding hydrogens is 236 g/mol. The first-order chi connectivity index (χ1) is 9.13. The van der Waals surface area contributed by atoms with Crippen LogP contribution in [-0.4, -0.2) is 0 Å². The van der Waals surface area contributed by atoms with Gasteiger partial charge in [-0.3, -0.25) is 0 Å². The number of hydrogen-bond donors (Lipinski definition) is 0. The molecule has 0 spiro atoms. The van der Waals surface area contributed by atoms with Gasteiger partial charge in [-0.05, 0) is 43.2 Å². The van der Waals surface area contributed by atoms with E-state index in [1.165, 1.54) is 5.56 Å². The van der Waals surface area contributed by atoms with E-state index in [0.717, 1.165) is 21.9 Å². The van der Waals surface area contributed by atoms with E-state index < -0.39 is 0 Å². The first-order valence-corrected chi connectivity index (χ1v) is 5.91. The molecule has 0 unspecified atom stereocenters. The van der Waals surface area contributed by atoms with Gasteiger partial charge in [0, 0.05) is 16.8 Å². The van der Waals surface area contributed by atoms with Crippen molar-refractivity contribution >= 4 is 21.9 Å². The van der Waals surface area contributed by atoms with E-state index in [0.29, 0.717) is 16.7 Å². The fraction of sp³-hybridized carbons (Fsp3) is 0.125. The Morgan fingerprint density at radius 3 is 2.00 bits per heavy atom. The highest BCUT2D eigenvalue weighted by Gasteiger charge is 2.12. The average molecular weight is 246 g/mol. The molecule has 0 amide bonds. The molecule has 0 radical (unpaired) electrons. The molecule has 0 aliphatic heterocycles. The predicted molar refractivity (Wildman–Crippen MR) is 72.6 cm³/mol. The predicted octanol–water partition coefficient (Wildman–Crippen LogP) is 3.95. The van der Waals surface area contributed by atoms with E-state index >= 15 is 0 Å². The third-order valence-electron chi connectivity index (χ3n) is 3.47. The number of fused-ring (bicyclic) bond motifs is 3. The van der Waals surface area contributed by atoms with E-state index in [1.54, 1.807) is 12.1 Å². The number of aryl methyl sites for hydroxylation is 2. The number of rotatable bonds is 0. The van der Waals surface area contributed by atoms with E-state index in [1.807, 2.05) is 26.0 Å². The van der Waals surface area contributed by atoms with Crippen molar-refractivity contribution in [1.82, 2.24) is 0 Å². The molecule has 0 fully saturated rings. The van der Waals surface area contributed by atoms with Crippen molar-refractivity contribution in [3.63, 3.8) is 0 Å². The molecule has 1 heterocycles. The summed E-state index contributed by atoms with van der Waals surface area (Å²) in [5, 5.41) is 20.0. The van der Waals surface area contributed by atoms with Gasteiger partial charge in [0.1, 0.15) is 23.3 Å². The second kappa shape index (κ2) is 3.86. The summed E-state index contributed by atoms with van der Waals surface area (Å²) in [7, 11) is 0. The third-order valence-corrected chi connectivity index (χ3v) is 3.47. The topological polar surface area (TPSA) is 60.7 Å². The van der Waals surface area contributed by atoms with Gasteiger partial charge in [-0.25, -0.2) is 0 Å². The van der Waals surface area contributed by atoms with Crippen LogP contribution in [0, 0.1) is 36.5 Å². The van der Waals surface area contributed by atoms with Gasteiger partial charge in [0.05, 0.1) is 11.1 Å². The van der Waals surface area contributed by atoms with Gasteiger partial charge < -0.3 is 4.42 Å². The first kappa shape index (κ1) is 11.3. The lowest BCUT2D eigenvalue weighted by Gasteiger charge is -1.98. The largest absolute Gasteiger partial charge is 0.456 e. The molecule has 0 aliphatic carbocycles. The van der Waals surface area contributed by atoms with Crippen LogP contribution < -0.4 is 0 Å². The zero-order valence-corrected chi connectivity index (χ0v) is 10.6. The molecule has 0 bridgehead atoms. The average Bonchev–Trinajstić information content (AvgIpc) is 2.74. The van der Waals surface area contributed by atoms with E-state index in [4.69, 9.17) is 14.9 Å². The van der Waals surface area contributed by atoms with Gasteiger partial charge in [-0.15, -0.1) is 0 Å². The molecule has 1 aromatic heterocycles. The standard InChI is InChI=1S/C16H10N2O/c1-9-3-13-14-5-11(7-17)12(8-18)6-16(14)19-15(13)4-10(9)2/h3-6H,1-2H3. The summed E-state index contributed by atoms with van der Waals surface area (Å²) in [4.78, 5) is 0. The Kier molecular flexibility index (Phi) is 2.30. The zero-order valence-electron chi connectivity index (χ0n) is 10.6. The summed E-state index contributed by atoms with van der Waals surface area (Å²) >= 11 is 0. The first-order valence-electron chi connectivity index (χ1n) is 5.91. The van der Waals surface area contributed by atoms with Gasteiger partial charge in [0.25, 0.3) is 0 Å². The minimum absolute atomic E-state index is 0.350. The highest BCUT2D eigenvalue weighted by atomic mass is 16.3. The Balaban J connectivity index is 2.50. The monoisotopic (exact) mass is 246 g/mol. The van der Waals surface area contributed by atoms with Crippen LogP contribution >= 0.6 is 0 Å². The SMILES string of the molecule is Cc1cc2oc3cc(C#N)c(C#N)cc3c2cc1C. The fourth-order valence-electron chi connectivity index (χ4n) is 2.26. The second-order valence-corrected chi connectivity index (χ2v) is 4.65. The van der Waals surface area contributed by atoms with Gasteiger partial charge in [-0.1, -0.05) is 0 Å². The maximum atomic E-state index is 9.09. The molecule has 0 aliphatic rings. The summed E-state index contributed by atoms with van der Waals surface area (Å²) in [5.74, 6) is 0. The number of benzene rings is 2. The van der Waals surface area contributed by atoms with Crippen molar-refractivity contribution in [3.05, 3.63) is 46.5 Å². The number of nitrogens with zero attached hydrogens (tertiary/aromatic N) is 2. The van der Waals surface area contributed by atoms with Crippen molar-refractivity contribution in [2.24, 2.45) is 0 Å². The Morgan fingerprint density at radius 1 is 0.789 bits per heavy atom. The van der Waals surface area contributed by atoms with Crippen molar-refractivity contribution in [2.45, 2.75) is 13.8 Å². The zero-order chi connectivity index (χ0) is 13.6. The lowest BCUT2D eigenvalue weighted by atomic mass is 10.0. The second-order valence-electron chi connectivity index (χ2n) is 4.65. The molecule has 0 saturated heterocycles. The lowest BCUT2D eigenvalue weighted by Crippen LogP contribution is -1.83. The van der Waals surface area contributed by atoms with Crippen molar-refractivity contribution in [3.8, 4) is 12.1 Å². The molecule has 2 aromatic carbocycles. The number of nitriles is 2. The smallest absolute Gasteiger partial charge is 0.136 e. The van der Waals surface area contributed by atoms with Crippen molar-refractivity contribution in [1.29, 1.82) is 10.5 Å². The quantitative estimate of drug-likeness (QED) is 0.603. The highest BCUT2D eigenvalue weighted by molar-refractivity contribution is 6.06. The van der Waals surface area contributed by atoms with Gasteiger partial charge in [0.2, 0.25) is 0 Å². The van der Waals surface area contributed by atoms with Crippen molar-refractivity contribution < 1.29 is 4.42 Å². The van der Waals surface area contributed by atoms with Crippen LogP contribution in [0.4, 0.5) is 0 Å². The maximum Gasteiger partial charge on any atom is 0.136 e. The molecular formula is C16H10N2O. The minimum atomic E-state index is 0.350. The Labute approximate surface area is 110 Å². The molecule has 3 heteroatoms. The van der Waals surface area contributed by atoms with Gasteiger partial charge >= 0.3 is 0 Å². The summed E-state index contributed by atoms with van der Waals surface area (Å²) < 4.78 is 5.77. The molecule has 90 valence electrons.